The number of anilines is 2. The van der Waals surface area contributed by atoms with E-state index < -0.39 is 0 Å². The second-order valence-electron chi connectivity index (χ2n) is 7.27. The Balaban J connectivity index is 1.72. The summed E-state index contributed by atoms with van der Waals surface area (Å²) in [6.07, 6.45) is 1.73. The summed E-state index contributed by atoms with van der Waals surface area (Å²) in [5, 5.41) is 2.90. The summed E-state index contributed by atoms with van der Waals surface area (Å²) in [5.74, 6) is -0.493. The molecule has 2 aromatic carbocycles. The molecule has 150 valence electrons. The lowest BCUT2D eigenvalue weighted by molar-refractivity contribution is 0.0990. The molecule has 0 aliphatic rings. The molecule has 1 N–H and O–H groups in total. The molecular weight excluding hydrogens is 376 g/mol. The van der Waals surface area contributed by atoms with Crippen molar-refractivity contribution in [3.8, 4) is 0 Å². The molecule has 0 saturated heterocycles. The van der Waals surface area contributed by atoms with E-state index in [9.17, 15) is 9.59 Å². The van der Waals surface area contributed by atoms with Gasteiger partial charge in [-0.2, -0.15) is 0 Å². The summed E-state index contributed by atoms with van der Waals surface area (Å²) in [6, 6.07) is 20.6. The predicted molar refractivity (Wildman–Crippen MR) is 118 cm³/mol. The van der Waals surface area contributed by atoms with Gasteiger partial charge >= 0.3 is 0 Å². The van der Waals surface area contributed by atoms with Crippen LogP contribution in [0.3, 0.4) is 0 Å². The third-order valence-electron chi connectivity index (χ3n) is 4.88. The van der Waals surface area contributed by atoms with Crippen molar-refractivity contribution in [2.75, 3.05) is 17.3 Å². The van der Waals surface area contributed by atoms with Crippen LogP contribution in [0.5, 0.6) is 0 Å². The number of nitrogens with zero attached hydrogens (tertiary/aromatic N) is 3. The minimum absolute atomic E-state index is 0.162. The molecule has 4 rings (SSSR count). The summed E-state index contributed by atoms with van der Waals surface area (Å²) in [6.45, 7) is 3.95. The Kier molecular flexibility index (Phi) is 5.06. The van der Waals surface area contributed by atoms with Crippen molar-refractivity contribution in [2.45, 2.75) is 13.8 Å². The summed E-state index contributed by atoms with van der Waals surface area (Å²) >= 11 is 0. The zero-order valence-electron chi connectivity index (χ0n) is 17.1. The number of carbonyl (C=O) groups is 2. The third kappa shape index (κ3) is 3.67. The van der Waals surface area contributed by atoms with Gasteiger partial charge in [0.25, 0.3) is 11.8 Å². The molecule has 0 saturated carbocycles. The maximum absolute atomic E-state index is 13.2. The number of aromatic nitrogens is 2. The Hall–Kier alpha value is -3.93. The molecule has 0 unspecified atom stereocenters. The number of pyridine rings is 1. The number of fused-ring (bicyclic) bond motifs is 1. The first-order valence-electron chi connectivity index (χ1n) is 9.64. The van der Waals surface area contributed by atoms with Crippen LogP contribution in [-0.2, 0) is 0 Å². The minimum atomic E-state index is -0.373. The van der Waals surface area contributed by atoms with Crippen LogP contribution >= 0.6 is 0 Å². The molecule has 2 amide bonds. The second kappa shape index (κ2) is 7.83. The number of amides is 2. The van der Waals surface area contributed by atoms with Gasteiger partial charge in [0.05, 0.1) is 5.52 Å². The van der Waals surface area contributed by atoms with E-state index >= 15 is 0 Å². The Labute approximate surface area is 174 Å². The van der Waals surface area contributed by atoms with E-state index in [2.05, 4.69) is 10.3 Å². The van der Waals surface area contributed by atoms with Crippen LogP contribution in [0.15, 0.2) is 72.9 Å². The van der Waals surface area contributed by atoms with Crippen molar-refractivity contribution >= 4 is 28.7 Å². The number of imidazole rings is 1. The molecule has 2 heterocycles. The molecule has 6 nitrogen and oxygen atoms in total. The molecule has 30 heavy (non-hydrogen) atoms. The summed E-state index contributed by atoms with van der Waals surface area (Å²) in [5.41, 5.74) is 4.36. The standard InChI is InChI=1S/C24H22N4O2/c1-16-13-17(2)15-18(14-16)25-23(29)22-26-21(20-11-7-8-12-28(20)22)24(30)27(3)19-9-5-4-6-10-19/h4-15H,1-3H3,(H,25,29). The van der Waals surface area contributed by atoms with E-state index in [4.69, 9.17) is 0 Å². The highest BCUT2D eigenvalue weighted by Crippen LogP contribution is 2.20. The maximum Gasteiger partial charge on any atom is 0.292 e. The predicted octanol–water partition coefficient (Wildman–Crippen LogP) is 4.48. The van der Waals surface area contributed by atoms with Crippen molar-refractivity contribution in [3.05, 3.63) is 95.6 Å². The number of hydrogen-bond acceptors (Lipinski definition) is 3. The first-order chi connectivity index (χ1) is 14.4. The smallest absolute Gasteiger partial charge is 0.292 e. The molecule has 0 aliphatic carbocycles. The van der Waals surface area contributed by atoms with Gasteiger partial charge in [-0.15, -0.1) is 0 Å². The van der Waals surface area contributed by atoms with Gasteiger partial charge in [-0.1, -0.05) is 30.3 Å². The molecule has 0 radical (unpaired) electrons. The fourth-order valence-electron chi connectivity index (χ4n) is 3.52. The fraction of sp³-hybridized carbons (Fsp3) is 0.125. The number of para-hydroxylation sites is 1. The second-order valence-corrected chi connectivity index (χ2v) is 7.27. The van der Waals surface area contributed by atoms with Crippen LogP contribution in [0.25, 0.3) is 5.52 Å². The third-order valence-corrected chi connectivity index (χ3v) is 4.88. The van der Waals surface area contributed by atoms with Crippen molar-refractivity contribution in [1.82, 2.24) is 9.38 Å². The Bertz CT molecular complexity index is 1220. The van der Waals surface area contributed by atoms with E-state index in [-0.39, 0.29) is 23.3 Å². The molecule has 6 heteroatoms. The normalized spacial score (nSPS) is 10.8. The van der Waals surface area contributed by atoms with Crippen molar-refractivity contribution in [1.29, 1.82) is 0 Å². The van der Waals surface area contributed by atoms with Gasteiger partial charge in [0.2, 0.25) is 5.82 Å². The van der Waals surface area contributed by atoms with E-state index in [1.807, 2.05) is 68.4 Å². The van der Waals surface area contributed by atoms with Crippen molar-refractivity contribution in [3.63, 3.8) is 0 Å². The SMILES string of the molecule is Cc1cc(C)cc(NC(=O)c2nc(C(=O)N(C)c3ccccc3)c3ccccn23)c1. The van der Waals surface area contributed by atoms with Gasteiger partial charge in [-0.3, -0.25) is 14.0 Å². The van der Waals surface area contributed by atoms with Gasteiger partial charge in [-0.25, -0.2) is 4.98 Å². The summed E-state index contributed by atoms with van der Waals surface area (Å²) in [7, 11) is 1.70. The zero-order valence-corrected chi connectivity index (χ0v) is 17.1. The highest BCUT2D eigenvalue weighted by atomic mass is 16.2. The molecule has 0 atom stereocenters. The van der Waals surface area contributed by atoms with Crippen LogP contribution in [0.2, 0.25) is 0 Å². The van der Waals surface area contributed by atoms with Gasteiger partial charge in [-0.05, 0) is 61.4 Å². The van der Waals surface area contributed by atoms with Crippen LogP contribution in [-0.4, -0.2) is 28.2 Å². The van der Waals surface area contributed by atoms with Crippen LogP contribution in [0.4, 0.5) is 11.4 Å². The van der Waals surface area contributed by atoms with E-state index in [0.29, 0.717) is 11.2 Å². The highest BCUT2D eigenvalue weighted by Gasteiger charge is 2.24. The van der Waals surface area contributed by atoms with Gasteiger partial charge in [0.15, 0.2) is 5.69 Å². The fourth-order valence-corrected chi connectivity index (χ4v) is 3.52. The Morgan fingerprint density at radius 3 is 2.30 bits per heavy atom. The molecule has 2 aromatic heterocycles. The lowest BCUT2D eigenvalue weighted by Gasteiger charge is -2.16. The molecule has 0 aliphatic heterocycles. The topological polar surface area (TPSA) is 66.7 Å². The average Bonchev–Trinajstić information content (AvgIpc) is 3.12. The highest BCUT2D eigenvalue weighted by molar-refractivity contribution is 6.11. The molecule has 0 spiro atoms. The van der Waals surface area contributed by atoms with Gasteiger partial charge in [0.1, 0.15) is 0 Å². The summed E-state index contributed by atoms with van der Waals surface area (Å²) < 4.78 is 1.64. The average molecular weight is 398 g/mol. The van der Waals surface area contributed by atoms with Crippen molar-refractivity contribution in [2.24, 2.45) is 0 Å². The summed E-state index contributed by atoms with van der Waals surface area (Å²) in [4.78, 5) is 32.1. The Morgan fingerprint density at radius 2 is 1.60 bits per heavy atom. The lowest BCUT2D eigenvalue weighted by Crippen LogP contribution is -2.26. The lowest BCUT2D eigenvalue weighted by atomic mass is 10.1. The van der Waals surface area contributed by atoms with Gasteiger partial charge in [0, 0.05) is 24.6 Å². The zero-order chi connectivity index (χ0) is 21.3. The number of benzene rings is 2. The number of aryl methyl sites for hydroxylation is 2. The quantitative estimate of drug-likeness (QED) is 0.551. The van der Waals surface area contributed by atoms with Crippen LogP contribution in [0, 0.1) is 13.8 Å². The molecule has 4 aromatic rings. The van der Waals surface area contributed by atoms with Crippen LogP contribution in [0.1, 0.15) is 32.2 Å². The van der Waals surface area contributed by atoms with E-state index in [1.165, 1.54) is 4.90 Å². The number of nitrogens with one attached hydrogen (secondary N) is 1. The van der Waals surface area contributed by atoms with Gasteiger partial charge < -0.3 is 10.2 Å². The first-order valence-corrected chi connectivity index (χ1v) is 9.64. The largest absolute Gasteiger partial charge is 0.319 e. The minimum Gasteiger partial charge on any atom is -0.319 e. The number of hydrogen-bond donors (Lipinski definition) is 1. The van der Waals surface area contributed by atoms with E-state index in [1.54, 1.807) is 29.8 Å². The van der Waals surface area contributed by atoms with Crippen molar-refractivity contribution < 1.29 is 9.59 Å². The first kappa shape index (κ1) is 19.4. The molecule has 0 bridgehead atoms. The molecular formula is C24H22N4O2. The Morgan fingerprint density at radius 1 is 0.933 bits per heavy atom. The molecule has 0 fully saturated rings. The monoisotopic (exact) mass is 398 g/mol. The maximum atomic E-state index is 13.2. The number of rotatable bonds is 4. The van der Waals surface area contributed by atoms with E-state index in [0.717, 1.165) is 16.8 Å². The number of carbonyl (C=O) groups excluding carboxylic acids is 2. The van der Waals surface area contributed by atoms with Crippen LogP contribution < -0.4 is 10.2 Å².